The van der Waals surface area contributed by atoms with Crippen LogP contribution in [0.25, 0.3) is 0 Å². The van der Waals surface area contributed by atoms with Gasteiger partial charge in [-0.05, 0) is 25.8 Å². The van der Waals surface area contributed by atoms with Gasteiger partial charge < -0.3 is 10.4 Å². The number of nitrogens with one attached hydrogen (secondary N) is 1. The monoisotopic (exact) mass is 185 g/mol. The zero-order chi connectivity index (χ0) is 9.57. The van der Waals surface area contributed by atoms with Gasteiger partial charge in [-0.1, -0.05) is 32.6 Å². The molecule has 2 N–H and O–H groups in total. The van der Waals surface area contributed by atoms with Gasteiger partial charge in [0.05, 0.1) is 5.60 Å². The van der Waals surface area contributed by atoms with Crippen molar-refractivity contribution in [1.82, 2.24) is 5.32 Å². The van der Waals surface area contributed by atoms with Crippen molar-refractivity contribution in [3.05, 3.63) is 0 Å². The van der Waals surface area contributed by atoms with Crippen LogP contribution in [-0.4, -0.2) is 23.8 Å². The molecule has 1 rings (SSSR count). The molecule has 0 unspecified atom stereocenters. The maximum atomic E-state index is 10.2. The van der Waals surface area contributed by atoms with E-state index in [4.69, 9.17) is 0 Å². The lowest BCUT2D eigenvalue weighted by Gasteiger charge is -2.26. The molecule has 0 aromatic heterocycles. The third kappa shape index (κ3) is 4.10. The van der Waals surface area contributed by atoms with Crippen LogP contribution in [0.5, 0.6) is 0 Å². The first-order chi connectivity index (χ1) is 6.27. The number of rotatable bonds is 4. The van der Waals surface area contributed by atoms with E-state index in [0.717, 1.165) is 32.4 Å². The topological polar surface area (TPSA) is 32.3 Å². The van der Waals surface area contributed by atoms with Crippen molar-refractivity contribution in [2.45, 2.75) is 57.5 Å². The van der Waals surface area contributed by atoms with Crippen LogP contribution in [0, 0.1) is 0 Å². The van der Waals surface area contributed by atoms with Crippen molar-refractivity contribution in [3.8, 4) is 0 Å². The Balaban J connectivity index is 2.25. The van der Waals surface area contributed by atoms with Gasteiger partial charge in [0.2, 0.25) is 0 Å². The van der Waals surface area contributed by atoms with Crippen LogP contribution in [0.2, 0.25) is 0 Å². The molecule has 1 aliphatic rings. The van der Waals surface area contributed by atoms with Crippen LogP contribution in [-0.2, 0) is 0 Å². The molecule has 0 heterocycles. The molecule has 0 saturated heterocycles. The minimum atomic E-state index is -0.397. The van der Waals surface area contributed by atoms with E-state index in [1.807, 2.05) is 0 Å². The van der Waals surface area contributed by atoms with Gasteiger partial charge in [-0.15, -0.1) is 0 Å². The fourth-order valence-electron chi connectivity index (χ4n) is 2.06. The van der Waals surface area contributed by atoms with Gasteiger partial charge in [0, 0.05) is 6.54 Å². The summed E-state index contributed by atoms with van der Waals surface area (Å²) in [5, 5.41) is 13.5. The molecule has 0 bridgehead atoms. The van der Waals surface area contributed by atoms with Crippen molar-refractivity contribution in [3.63, 3.8) is 0 Å². The van der Waals surface area contributed by atoms with Gasteiger partial charge in [-0.25, -0.2) is 0 Å². The molecule has 2 nitrogen and oxygen atoms in total. The van der Waals surface area contributed by atoms with Crippen molar-refractivity contribution < 1.29 is 5.11 Å². The van der Waals surface area contributed by atoms with Gasteiger partial charge in [-0.2, -0.15) is 0 Å². The molecule has 0 aromatic rings. The van der Waals surface area contributed by atoms with E-state index in [1.165, 1.54) is 25.7 Å². The lowest BCUT2D eigenvalue weighted by molar-refractivity contribution is 0.0255. The predicted molar refractivity (Wildman–Crippen MR) is 55.8 cm³/mol. The summed E-state index contributed by atoms with van der Waals surface area (Å²) in [6.45, 7) is 3.98. The summed E-state index contributed by atoms with van der Waals surface area (Å²) in [4.78, 5) is 0. The molecule has 1 fully saturated rings. The van der Waals surface area contributed by atoms with Gasteiger partial charge in [0.15, 0.2) is 0 Å². The second kappa shape index (κ2) is 5.61. The van der Waals surface area contributed by atoms with E-state index in [1.54, 1.807) is 0 Å². The van der Waals surface area contributed by atoms with E-state index in [9.17, 15) is 5.11 Å². The molecule has 13 heavy (non-hydrogen) atoms. The predicted octanol–water partition coefficient (Wildman–Crippen LogP) is 2.07. The smallest absolute Gasteiger partial charge is 0.0771 e. The zero-order valence-electron chi connectivity index (χ0n) is 8.81. The Kier molecular flexibility index (Phi) is 4.74. The summed E-state index contributed by atoms with van der Waals surface area (Å²) in [6, 6.07) is 0. The van der Waals surface area contributed by atoms with Crippen LogP contribution in [0.4, 0.5) is 0 Å². The molecule has 2 heteroatoms. The zero-order valence-corrected chi connectivity index (χ0v) is 8.81. The van der Waals surface area contributed by atoms with Gasteiger partial charge >= 0.3 is 0 Å². The molecule has 78 valence electrons. The Hall–Kier alpha value is -0.0800. The molecular weight excluding hydrogens is 162 g/mol. The fraction of sp³-hybridized carbons (Fsp3) is 1.00. The lowest BCUT2D eigenvalue weighted by Crippen LogP contribution is -2.40. The number of aliphatic hydroxyl groups is 1. The van der Waals surface area contributed by atoms with Crippen LogP contribution in [0.15, 0.2) is 0 Å². The quantitative estimate of drug-likeness (QED) is 0.519. The molecule has 0 amide bonds. The average molecular weight is 185 g/mol. The fourth-order valence-corrected chi connectivity index (χ4v) is 2.06. The van der Waals surface area contributed by atoms with E-state index in [2.05, 4.69) is 12.2 Å². The Morgan fingerprint density at radius 1 is 1.15 bits per heavy atom. The normalized spacial score (nSPS) is 22.6. The molecule has 1 saturated carbocycles. The van der Waals surface area contributed by atoms with Crippen LogP contribution in [0.1, 0.15) is 51.9 Å². The van der Waals surface area contributed by atoms with Crippen molar-refractivity contribution in [2.24, 2.45) is 0 Å². The van der Waals surface area contributed by atoms with Gasteiger partial charge in [0.1, 0.15) is 0 Å². The molecule has 0 aliphatic heterocycles. The highest BCUT2D eigenvalue weighted by Gasteiger charge is 2.26. The van der Waals surface area contributed by atoms with Gasteiger partial charge in [0.25, 0.3) is 0 Å². The Labute approximate surface area is 81.7 Å². The third-order valence-electron chi connectivity index (χ3n) is 2.92. The average Bonchev–Trinajstić information content (AvgIpc) is 2.31. The second-order valence-electron chi connectivity index (χ2n) is 4.32. The minimum absolute atomic E-state index is 0.397. The summed E-state index contributed by atoms with van der Waals surface area (Å²) in [7, 11) is 0. The first kappa shape index (κ1) is 11.0. The Bertz CT molecular complexity index is 128. The molecule has 0 atom stereocenters. The molecule has 1 aliphatic carbocycles. The highest BCUT2D eigenvalue weighted by Crippen LogP contribution is 2.26. The summed E-state index contributed by atoms with van der Waals surface area (Å²) < 4.78 is 0. The molecule has 0 radical (unpaired) electrons. The van der Waals surface area contributed by atoms with E-state index in [0.29, 0.717) is 0 Å². The summed E-state index contributed by atoms with van der Waals surface area (Å²) in [5.74, 6) is 0. The highest BCUT2D eigenvalue weighted by molar-refractivity contribution is 4.82. The first-order valence-corrected chi connectivity index (χ1v) is 5.70. The second-order valence-corrected chi connectivity index (χ2v) is 4.32. The number of hydrogen-bond donors (Lipinski definition) is 2. The minimum Gasteiger partial charge on any atom is -0.389 e. The van der Waals surface area contributed by atoms with E-state index in [-0.39, 0.29) is 0 Å². The SMILES string of the molecule is CCCNCC1(O)CCCCCC1. The first-order valence-electron chi connectivity index (χ1n) is 5.70. The molecule has 0 aromatic carbocycles. The maximum Gasteiger partial charge on any atom is 0.0771 e. The summed E-state index contributed by atoms with van der Waals surface area (Å²) in [6.07, 6.45) is 8.13. The molecule has 0 spiro atoms. The van der Waals surface area contributed by atoms with Crippen LogP contribution in [0.3, 0.4) is 0 Å². The highest BCUT2D eigenvalue weighted by atomic mass is 16.3. The summed E-state index contributed by atoms with van der Waals surface area (Å²) in [5.41, 5.74) is -0.397. The van der Waals surface area contributed by atoms with Gasteiger partial charge in [-0.3, -0.25) is 0 Å². The number of hydrogen-bond acceptors (Lipinski definition) is 2. The maximum absolute atomic E-state index is 10.2. The van der Waals surface area contributed by atoms with E-state index < -0.39 is 5.60 Å². The van der Waals surface area contributed by atoms with Crippen molar-refractivity contribution in [2.75, 3.05) is 13.1 Å². The largest absolute Gasteiger partial charge is 0.389 e. The third-order valence-corrected chi connectivity index (χ3v) is 2.92. The lowest BCUT2D eigenvalue weighted by atomic mass is 9.94. The van der Waals surface area contributed by atoms with Crippen LogP contribution >= 0.6 is 0 Å². The van der Waals surface area contributed by atoms with Crippen molar-refractivity contribution in [1.29, 1.82) is 0 Å². The Morgan fingerprint density at radius 3 is 2.31 bits per heavy atom. The van der Waals surface area contributed by atoms with Crippen LogP contribution < -0.4 is 5.32 Å². The standard InChI is InChI=1S/C11H23NO/c1-2-9-12-10-11(13)7-5-3-4-6-8-11/h12-13H,2-10H2,1H3. The Morgan fingerprint density at radius 2 is 1.77 bits per heavy atom. The van der Waals surface area contributed by atoms with E-state index >= 15 is 0 Å². The molecular formula is C11H23NO. The summed E-state index contributed by atoms with van der Waals surface area (Å²) >= 11 is 0. The van der Waals surface area contributed by atoms with Crippen molar-refractivity contribution >= 4 is 0 Å².